The normalized spacial score (nSPS) is 18.1. The Labute approximate surface area is 57.9 Å². The van der Waals surface area contributed by atoms with Gasteiger partial charge in [-0.05, 0) is 0 Å². The molecule has 0 aromatic rings. The lowest BCUT2D eigenvalue weighted by molar-refractivity contribution is -0.198. The fraction of sp³-hybridized carbons (Fsp3) is 0.667. The molecule has 10 heavy (non-hydrogen) atoms. The molecule has 2 nitrogen and oxygen atoms in total. The molecule has 0 saturated carbocycles. The fourth-order valence-corrected chi connectivity index (χ4v) is 0.140. The molecule has 0 spiro atoms. The van der Waals surface area contributed by atoms with Crippen molar-refractivity contribution in [3.05, 3.63) is 0 Å². The van der Waals surface area contributed by atoms with Gasteiger partial charge in [0.2, 0.25) is 0 Å². The van der Waals surface area contributed by atoms with Gasteiger partial charge in [-0.1, -0.05) is 11.6 Å². The number of hydrogen-bond acceptors (Lipinski definition) is 1. The van der Waals surface area contributed by atoms with Gasteiger partial charge in [-0.25, -0.2) is 4.39 Å². The van der Waals surface area contributed by atoms with Crippen molar-refractivity contribution in [3.8, 4) is 0 Å². The minimum absolute atomic E-state index is 2.26. The summed E-state index contributed by atoms with van der Waals surface area (Å²) in [6.45, 7) is 0. The van der Waals surface area contributed by atoms with Gasteiger partial charge in [0.15, 0.2) is 0 Å². The number of amides is 1. The second-order valence-electron chi connectivity index (χ2n) is 1.44. The van der Waals surface area contributed by atoms with Crippen molar-refractivity contribution in [3.63, 3.8) is 0 Å². The lowest BCUT2D eigenvalue weighted by Gasteiger charge is -2.16. The highest BCUT2D eigenvalue weighted by molar-refractivity contribution is 6.34. The molecule has 0 radical (unpaired) electrons. The van der Waals surface area contributed by atoms with Crippen LogP contribution in [-0.2, 0) is 4.79 Å². The lowest BCUT2D eigenvalue weighted by atomic mass is 10.3. The smallest absolute Gasteiger partial charge is 0.365 e. The highest BCUT2D eigenvalue weighted by Crippen LogP contribution is 2.36. The molecule has 1 atom stereocenters. The number of hydrogen-bond donors (Lipinski definition) is 1. The third-order valence-corrected chi connectivity index (χ3v) is 1.07. The first-order valence-electron chi connectivity index (χ1n) is 1.94. The minimum Gasteiger partial charge on any atom is -0.365 e. The Morgan fingerprint density at radius 3 is 1.60 bits per heavy atom. The second kappa shape index (κ2) is 2.26. The maximum Gasteiger partial charge on any atom is 0.446 e. The summed E-state index contributed by atoms with van der Waals surface area (Å²) in [5, 5.41) is -4.45. The Bertz CT molecular complexity index is 153. The zero-order valence-electron chi connectivity index (χ0n) is 4.38. The second-order valence-corrected chi connectivity index (χ2v) is 1.96. The fourth-order valence-electron chi connectivity index (χ4n) is 0.140. The molecular weight excluding hydrogens is 177 g/mol. The molecular formula is C3H2ClF4NO. The zero-order valence-corrected chi connectivity index (χ0v) is 5.13. The average molecular weight is 179 g/mol. The van der Waals surface area contributed by atoms with Crippen LogP contribution in [0.5, 0.6) is 0 Å². The summed E-state index contributed by atoms with van der Waals surface area (Å²) in [4.78, 5) is 9.66. The Morgan fingerprint density at radius 2 is 1.60 bits per heavy atom. The third-order valence-electron chi connectivity index (χ3n) is 0.665. The van der Waals surface area contributed by atoms with Gasteiger partial charge in [-0.15, -0.1) is 0 Å². The monoisotopic (exact) mass is 179 g/mol. The first-order valence-corrected chi connectivity index (χ1v) is 2.32. The SMILES string of the molecule is NC(=O)C(F)(Cl)C(F)(F)F. The van der Waals surface area contributed by atoms with E-state index in [2.05, 4.69) is 17.3 Å². The molecule has 0 heterocycles. The summed E-state index contributed by atoms with van der Waals surface area (Å²) in [6.07, 6.45) is -5.46. The Kier molecular flexibility index (Phi) is 2.15. The van der Waals surface area contributed by atoms with Crippen LogP contribution in [0.3, 0.4) is 0 Å². The standard InChI is InChI=1S/C3H2ClF4NO/c4-2(5,1(9)10)3(6,7)8/h(H2,9,10). The van der Waals surface area contributed by atoms with Gasteiger partial charge in [0.05, 0.1) is 0 Å². The van der Waals surface area contributed by atoms with Crippen LogP contribution in [-0.4, -0.2) is 17.2 Å². The average Bonchev–Trinajstić information content (AvgIpc) is 1.62. The van der Waals surface area contributed by atoms with E-state index in [-0.39, 0.29) is 0 Å². The Balaban J connectivity index is 4.57. The predicted octanol–water partition coefficient (Wildman–Crippen LogP) is 0.939. The third kappa shape index (κ3) is 1.50. The molecule has 0 fully saturated rings. The highest BCUT2D eigenvalue weighted by atomic mass is 35.5. The van der Waals surface area contributed by atoms with Gasteiger partial charge in [0.1, 0.15) is 0 Å². The molecule has 1 unspecified atom stereocenters. The molecule has 7 heteroatoms. The summed E-state index contributed by atoms with van der Waals surface area (Å²) >= 11 is 4.08. The van der Waals surface area contributed by atoms with Crippen LogP contribution in [0.15, 0.2) is 0 Å². The minimum atomic E-state index is -5.46. The van der Waals surface area contributed by atoms with Crippen LogP contribution in [0, 0.1) is 0 Å². The molecule has 0 aliphatic rings. The van der Waals surface area contributed by atoms with Crippen molar-refractivity contribution in [2.45, 2.75) is 11.3 Å². The number of primary amides is 1. The molecule has 1 amide bonds. The highest BCUT2D eigenvalue weighted by Gasteiger charge is 2.60. The van der Waals surface area contributed by atoms with Crippen molar-refractivity contribution in [2.75, 3.05) is 0 Å². The number of nitrogens with two attached hydrogens (primary N) is 1. The molecule has 2 N–H and O–H groups in total. The van der Waals surface area contributed by atoms with Gasteiger partial charge in [-0.3, -0.25) is 4.79 Å². The van der Waals surface area contributed by atoms with Crippen LogP contribution < -0.4 is 5.73 Å². The molecule has 60 valence electrons. The lowest BCUT2D eigenvalue weighted by Crippen LogP contribution is -2.47. The number of rotatable bonds is 1. The molecule has 0 bridgehead atoms. The summed E-state index contributed by atoms with van der Waals surface area (Å²) in [7, 11) is 0. The summed E-state index contributed by atoms with van der Waals surface area (Å²) in [5.41, 5.74) is 3.99. The topological polar surface area (TPSA) is 43.1 Å². The number of alkyl halides is 5. The van der Waals surface area contributed by atoms with Crippen molar-refractivity contribution in [2.24, 2.45) is 5.73 Å². The Hall–Kier alpha value is -0.520. The molecule has 0 aromatic carbocycles. The maximum absolute atomic E-state index is 11.9. The largest absolute Gasteiger partial charge is 0.446 e. The first-order chi connectivity index (χ1) is 4.19. The van der Waals surface area contributed by atoms with Crippen molar-refractivity contribution in [1.82, 2.24) is 0 Å². The van der Waals surface area contributed by atoms with E-state index in [1.54, 1.807) is 0 Å². The molecule has 0 saturated heterocycles. The van der Waals surface area contributed by atoms with Gasteiger partial charge in [0.25, 0.3) is 5.91 Å². The molecule has 0 aromatic heterocycles. The first kappa shape index (κ1) is 9.48. The van der Waals surface area contributed by atoms with Crippen molar-refractivity contribution < 1.29 is 22.4 Å². The van der Waals surface area contributed by atoms with Crippen molar-refractivity contribution >= 4 is 17.5 Å². The van der Waals surface area contributed by atoms with Crippen molar-refractivity contribution in [1.29, 1.82) is 0 Å². The van der Waals surface area contributed by atoms with Crippen LogP contribution >= 0.6 is 11.6 Å². The van der Waals surface area contributed by atoms with E-state index < -0.39 is 17.2 Å². The quantitative estimate of drug-likeness (QED) is 0.472. The van der Waals surface area contributed by atoms with Gasteiger partial charge >= 0.3 is 11.3 Å². The molecule has 0 rings (SSSR count). The van der Waals surface area contributed by atoms with E-state index in [1.807, 2.05) is 0 Å². The van der Waals surface area contributed by atoms with Crippen LogP contribution in [0.1, 0.15) is 0 Å². The number of carbonyl (C=O) groups is 1. The summed E-state index contributed by atoms with van der Waals surface area (Å²) < 4.78 is 45.7. The Morgan fingerprint density at radius 1 is 1.30 bits per heavy atom. The van der Waals surface area contributed by atoms with Gasteiger partial charge in [0, 0.05) is 0 Å². The van der Waals surface area contributed by atoms with E-state index >= 15 is 0 Å². The van der Waals surface area contributed by atoms with Gasteiger partial charge < -0.3 is 5.73 Å². The van der Waals surface area contributed by atoms with Crippen LogP contribution in [0.2, 0.25) is 0 Å². The van der Waals surface area contributed by atoms with E-state index in [1.165, 1.54) is 0 Å². The van der Waals surface area contributed by atoms with E-state index in [0.29, 0.717) is 0 Å². The van der Waals surface area contributed by atoms with E-state index in [0.717, 1.165) is 0 Å². The maximum atomic E-state index is 11.9. The molecule has 0 aliphatic carbocycles. The molecule has 0 aliphatic heterocycles. The summed E-state index contributed by atoms with van der Waals surface area (Å²) in [6, 6.07) is 0. The predicted molar refractivity (Wildman–Crippen MR) is 24.9 cm³/mol. The zero-order chi connectivity index (χ0) is 8.58. The number of halogens is 5. The van der Waals surface area contributed by atoms with E-state index in [4.69, 9.17) is 0 Å². The van der Waals surface area contributed by atoms with Gasteiger partial charge in [-0.2, -0.15) is 13.2 Å². The van der Waals surface area contributed by atoms with E-state index in [9.17, 15) is 22.4 Å². The van der Waals surface area contributed by atoms with Crippen LogP contribution in [0.25, 0.3) is 0 Å². The number of carbonyl (C=O) groups excluding carboxylic acids is 1. The summed E-state index contributed by atoms with van der Waals surface area (Å²) in [5.74, 6) is -2.26. The van der Waals surface area contributed by atoms with Crippen LogP contribution in [0.4, 0.5) is 17.6 Å².